The Morgan fingerprint density at radius 2 is 1.83 bits per heavy atom. The molecule has 2 aromatic heterocycles. The van der Waals surface area contributed by atoms with E-state index in [9.17, 15) is 32.3 Å². The lowest BCUT2D eigenvalue weighted by Crippen LogP contribution is -2.21. The summed E-state index contributed by atoms with van der Waals surface area (Å²) >= 11 is 3.12. The van der Waals surface area contributed by atoms with Crippen LogP contribution in [0.1, 0.15) is 21.6 Å². The molecule has 0 saturated carbocycles. The van der Waals surface area contributed by atoms with Crippen LogP contribution in [-0.4, -0.2) is 44.8 Å². The number of halogens is 4. The van der Waals surface area contributed by atoms with Crippen LogP contribution < -0.4 is 20.7 Å². The number of nitrogens with zero attached hydrogens (tertiary/aromatic N) is 3. The molecule has 0 aliphatic rings. The number of ether oxygens (including phenoxy) is 1. The second kappa shape index (κ2) is 10.8. The van der Waals surface area contributed by atoms with Gasteiger partial charge in [-0.2, -0.15) is 18.2 Å². The molecular weight excluding hydrogens is 572 g/mol. The van der Waals surface area contributed by atoms with Gasteiger partial charge in [-0.15, -0.1) is 0 Å². The molecule has 0 atom stereocenters. The first kappa shape index (κ1) is 27.3. The number of anilines is 4. The fourth-order valence-electron chi connectivity index (χ4n) is 3.00. The van der Waals surface area contributed by atoms with Crippen LogP contribution >= 0.6 is 23.5 Å². The standard InChI is InChI=1S/C20H19BrF3N6O5P/c1-25-18(31)16-13(5-6-15(21)29-16)27-17-11(20(22,23)24)8-26-19(30-17)28-12-4-3-10(7-14(12)35-2)9-36(32,33)34/h3-8H,9H2,1-2H3,(H,25,31)(H2,32,33,34)(H2,26,27,28,30). The maximum Gasteiger partial charge on any atom is 0.421 e. The summed E-state index contributed by atoms with van der Waals surface area (Å²) in [7, 11) is -1.67. The maximum atomic E-state index is 13.7. The highest BCUT2D eigenvalue weighted by Gasteiger charge is 2.36. The predicted molar refractivity (Wildman–Crippen MR) is 128 cm³/mol. The van der Waals surface area contributed by atoms with Crippen molar-refractivity contribution in [3.8, 4) is 5.75 Å². The fourth-order valence-corrected chi connectivity index (χ4v) is 3.98. The number of amides is 1. The number of benzene rings is 1. The topological polar surface area (TPSA) is 159 Å². The largest absolute Gasteiger partial charge is 0.495 e. The Morgan fingerprint density at radius 3 is 2.44 bits per heavy atom. The number of carbonyl (C=O) groups excluding carboxylic acids is 1. The predicted octanol–water partition coefficient (Wildman–Crippen LogP) is 4.19. The first-order valence-corrected chi connectivity index (χ1v) is 12.5. The van der Waals surface area contributed by atoms with Crippen molar-refractivity contribution >= 4 is 52.6 Å². The van der Waals surface area contributed by atoms with Gasteiger partial charge in [-0.1, -0.05) is 6.07 Å². The van der Waals surface area contributed by atoms with Gasteiger partial charge in [-0.05, 0) is 45.8 Å². The van der Waals surface area contributed by atoms with Gasteiger partial charge in [0.25, 0.3) is 5.91 Å². The van der Waals surface area contributed by atoms with Crippen molar-refractivity contribution in [2.45, 2.75) is 12.3 Å². The van der Waals surface area contributed by atoms with Crippen LogP contribution in [0.2, 0.25) is 0 Å². The monoisotopic (exact) mass is 590 g/mol. The van der Waals surface area contributed by atoms with Gasteiger partial charge in [0.15, 0.2) is 5.69 Å². The minimum absolute atomic E-state index is 0.0351. The fraction of sp³-hybridized carbons (Fsp3) is 0.200. The van der Waals surface area contributed by atoms with Crippen LogP contribution in [0.25, 0.3) is 0 Å². The molecule has 0 aliphatic heterocycles. The van der Waals surface area contributed by atoms with Crippen molar-refractivity contribution in [2.75, 3.05) is 24.8 Å². The Morgan fingerprint density at radius 1 is 1.14 bits per heavy atom. The zero-order chi connectivity index (χ0) is 26.7. The van der Waals surface area contributed by atoms with Crippen LogP contribution in [0.5, 0.6) is 5.75 Å². The van der Waals surface area contributed by atoms with Gasteiger partial charge in [-0.3, -0.25) is 9.36 Å². The van der Waals surface area contributed by atoms with Crippen molar-refractivity contribution < 1.29 is 37.1 Å². The number of methoxy groups -OCH3 is 1. The summed E-state index contributed by atoms with van der Waals surface area (Å²) in [6.07, 6.45) is -4.78. The number of rotatable bonds is 8. The number of pyridine rings is 1. The Balaban J connectivity index is 2.01. The van der Waals surface area contributed by atoms with E-state index in [-0.39, 0.29) is 34.3 Å². The van der Waals surface area contributed by atoms with Gasteiger partial charge in [0.1, 0.15) is 21.7 Å². The molecule has 16 heteroatoms. The molecule has 3 rings (SSSR count). The van der Waals surface area contributed by atoms with E-state index in [0.29, 0.717) is 10.8 Å². The third-order valence-electron chi connectivity index (χ3n) is 4.55. The SMILES string of the molecule is CNC(=O)c1nc(Br)ccc1Nc1nc(Nc2ccc(CP(=O)(O)O)cc2OC)ncc1C(F)(F)F. The summed E-state index contributed by atoms with van der Waals surface area (Å²) in [5.74, 6) is -1.39. The molecular formula is C20H19BrF3N6O5P. The van der Waals surface area contributed by atoms with Gasteiger partial charge in [-0.25, -0.2) is 9.97 Å². The molecule has 2 heterocycles. The van der Waals surface area contributed by atoms with E-state index in [1.807, 2.05) is 0 Å². The normalized spacial score (nSPS) is 11.7. The van der Waals surface area contributed by atoms with Crippen LogP contribution in [0, 0.1) is 0 Å². The van der Waals surface area contributed by atoms with E-state index in [1.54, 1.807) is 0 Å². The Hall–Kier alpha value is -3.26. The summed E-state index contributed by atoms with van der Waals surface area (Å²) in [5.41, 5.74) is -0.884. The number of alkyl halides is 3. The van der Waals surface area contributed by atoms with Gasteiger partial charge in [0, 0.05) is 13.2 Å². The van der Waals surface area contributed by atoms with Crippen LogP contribution in [0.15, 0.2) is 41.1 Å². The summed E-state index contributed by atoms with van der Waals surface area (Å²) in [4.78, 5) is 42.2. The molecule has 0 bridgehead atoms. The molecule has 11 nitrogen and oxygen atoms in total. The quantitative estimate of drug-likeness (QED) is 0.190. The minimum atomic E-state index is -4.82. The lowest BCUT2D eigenvalue weighted by molar-refractivity contribution is -0.137. The molecule has 0 radical (unpaired) electrons. The first-order valence-electron chi connectivity index (χ1n) is 9.89. The lowest BCUT2D eigenvalue weighted by Gasteiger charge is -2.17. The highest BCUT2D eigenvalue weighted by atomic mass is 79.9. The van der Waals surface area contributed by atoms with Gasteiger partial charge < -0.3 is 30.5 Å². The zero-order valence-corrected chi connectivity index (χ0v) is 21.1. The van der Waals surface area contributed by atoms with Gasteiger partial charge in [0.05, 0.1) is 24.6 Å². The highest BCUT2D eigenvalue weighted by molar-refractivity contribution is 9.10. The van der Waals surface area contributed by atoms with E-state index in [2.05, 4.69) is 46.8 Å². The highest BCUT2D eigenvalue weighted by Crippen LogP contribution is 2.41. The number of hydrogen-bond acceptors (Lipinski definition) is 8. The van der Waals surface area contributed by atoms with Gasteiger partial charge >= 0.3 is 13.8 Å². The van der Waals surface area contributed by atoms with Gasteiger partial charge in [0.2, 0.25) is 5.95 Å². The summed E-state index contributed by atoms with van der Waals surface area (Å²) in [6, 6.07) is 7.00. The van der Waals surface area contributed by atoms with Crippen LogP contribution in [-0.2, 0) is 16.9 Å². The number of hydrogen-bond donors (Lipinski definition) is 5. The molecule has 0 fully saturated rings. The Labute approximate surface area is 210 Å². The smallest absolute Gasteiger partial charge is 0.421 e. The van der Waals surface area contributed by atoms with E-state index < -0.39 is 37.2 Å². The molecule has 0 saturated heterocycles. The van der Waals surface area contributed by atoms with Crippen molar-refractivity contribution in [2.24, 2.45) is 0 Å². The molecule has 3 aromatic rings. The van der Waals surface area contributed by atoms with E-state index >= 15 is 0 Å². The van der Waals surface area contributed by atoms with Crippen molar-refractivity contribution in [1.29, 1.82) is 0 Å². The summed E-state index contributed by atoms with van der Waals surface area (Å²) in [5, 5.41) is 7.59. The molecule has 1 aromatic carbocycles. The van der Waals surface area contributed by atoms with Crippen LogP contribution in [0.3, 0.4) is 0 Å². The minimum Gasteiger partial charge on any atom is -0.495 e. The average Bonchev–Trinajstić information content (AvgIpc) is 2.79. The molecule has 0 unspecified atom stereocenters. The number of carbonyl (C=O) groups is 1. The van der Waals surface area contributed by atoms with Crippen LogP contribution in [0.4, 0.5) is 36.3 Å². The molecule has 0 spiro atoms. The zero-order valence-electron chi connectivity index (χ0n) is 18.6. The maximum absolute atomic E-state index is 13.7. The van der Waals surface area contributed by atoms with E-state index in [0.717, 1.165) is 0 Å². The van der Waals surface area contributed by atoms with Crippen molar-refractivity contribution in [1.82, 2.24) is 20.3 Å². The Bertz CT molecular complexity index is 1340. The third-order valence-corrected chi connectivity index (χ3v) is 5.77. The van der Waals surface area contributed by atoms with E-state index in [4.69, 9.17) is 4.74 Å². The third kappa shape index (κ3) is 6.91. The second-order valence-corrected chi connectivity index (χ2v) is 9.63. The Kier molecular flexibility index (Phi) is 8.19. The molecule has 192 valence electrons. The van der Waals surface area contributed by atoms with Crippen molar-refractivity contribution in [3.05, 3.63) is 58.0 Å². The molecule has 0 aliphatic carbocycles. The molecule has 36 heavy (non-hydrogen) atoms. The first-order chi connectivity index (χ1) is 16.8. The number of nitrogens with one attached hydrogen (secondary N) is 3. The lowest BCUT2D eigenvalue weighted by atomic mass is 10.2. The number of aromatic nitrogens is 3. The summed E-state index contributed by atoms with van der Waals surface area (Å²) < 4.78 is 57.8. The summed E-state index contributed by atoms with van der Waals surface area (Å²) in [6.45, 7) is 0. The molecule has 1 amide bonds. The molecule has 5 N–H and O–H groups in total. The van der Waals surface area contributed by atoms with E-state index in [1.165, 1.54) is 44.5 Å². The average molecular weight is 591 g/mol. The second-order valence-electron chi connectivity index (χ2n) is 7.17. The van der Waals surface area contributed by atoms with Crippen molar-refractivity contribution in [3.63, 3.8) is 0 Å².